The third-order valence-electron chi connectivity index (χ3n) is 9.60. The normalized spacial score (nSPS) is 21.3. The van der Waals surface area contributed by atoms with E-state index in [0.717, 1.165) is 38.2 Å². The zero-order valence-electron chi connectivity index (χ0n) is 32.7. The molecule has 0 unspecified atom stereocenters. The number of nitrogens with one attached hydrogen (secondary N) is 1. The van der Waals surface area contributed by atoms with E-state index in [2.05, 4.69) is 11.1 Å². The number of alkyl halides is 1. The van der Waals surface area contributed by atoms with Gasteiger partial charge in [-0.05, 0) is 67.5 Å². The van der Waals surface area contributed by atoms with Gasteiger partial charge in [-0.2, -0.15) is 5.26 Å². The fourth-order valence-corrected chi connectivity index (χ4v) is 7.42. The molecular weight excluding hydrogens is 776 g/mol. The fourth-order valence-electron chi connectivity index (χ4n) is 7.16. The minimum absolute atomic E-state index is 0.128. The molecule has 16 nitrogen and oxygen atoms in total. The van der Waals surface area contributed by atoms with E-state index in [1.54, 1.807) is 35.2 Å². The molecule has 4 aromatic rings. The maximum Gasteiger partial charge on any atom is 0.303 e. The molecule has 1 N–H and O–H groups in total. The number of fused-ring (bicyclic) bond motifs is 4. The Labute approximate surface area is 338 Å². The first-order valence-electron chi connectivity index (χ1n) is 18.4. The molecule has 2 aliphatic rings. The van der Waals surface area contributed by atoms with Gasteiger partial charge in [-0.3, -0.25) is 24.0 Å². The van der Waals surface area contributed by atoms with Gasteiger partial charge in [-0.1, -0.05) is 0 Å². The van der Waals surface area contributed by atoms with Crippen LogP contribution in [0.25, 0.3) is 21.7 Å². The molecule has 1 amide bonds. The van der Waals surface area contributed by atoms with Gasteiger partial charge < -0.3 is 47.9 Å². The molecule has 0 bridgehead atoms. The first kappa shape index (κ1) is 41.7. The van der Waals surface area contributed by atoms with E-state index >= 15 is 0 Å². The summed E-state index contributed by atoms with van der Waals surface area (Å²) >= 11 is 6.57. The number of benzene rings is 3. The molecule has 6 atom stereocenters. The number of aromatic nitrogens is 1. The van der Waals surface area contributed by atoms with Crippen molar-refractivity contribution in [2.24, 2.45) is 0 Å². The fraction of sp³-hybridized carbons (Fsp3) is 0.415. The van der Waals surface area contributed by atoms with Gasteiger partial charge in [-0.15, -0.1) is 11.6 Å². The van der Waals surface area contributed by atoms with Crippen molar-refractivity contribution in [1.29, 1.82) is 5.26 Å². The molecule has 3 aromatic carbocycles. The maximum absolute atomic E-state index is 14.5. The van der Waals surface area contributed by atoms with Crippen molar-refractivity contribution in [2.75, 3.05) is 51.2 Å². The highest BCUT2D eigenvalue weighted by molar-refractivity contribution is 6.19. The van der Waals surface area contributed by atoms with Crippen molar-refractivity contribution in [3.8, 4) is 17.6 Å². The third-order valence-corrected chi connectivity index (χ3v) is 9.98. The monoisotopic (exact) mass is 818 g/mol. The Kier molecular flexibility index (Phi) is 12.7. The molecule has 0 aliphatic carbocycles. The predicted molar refractivity (Wildman–Crippen MR) is 209 cm³/mol. The number of esters is 4. The number of H-pyrrole nitrogens is 1. The van der Waals surface area contributed by atoms with Gasteiger partial charge in [0.15, 0.2) is 12.2 Å². The quantitative estimate of drug-likeness (QED) is 0.112. The van der Waals surface area contributed by atoms with Crippen LogP contribution in [0.4, 0.5) is 5.69 Å². The summed E-state index contributed by atoms with van der Waals surface area (Å²) in [6.45, 7) is 5.50. The van der Waals surface area contributed by atoms with E-state index in [1.807, 2.05) is 37.2 Å². The lowest BCUT2D eigenvalue weighted by molar-refractivity contribution is -0.288. The van der Waals surface area contributed by atoms with Crippen LogP contribution < -0.4 is 14.4 Å². The summed E-state index contributed by atoms with van der Waals surface area (Å²) in [5, 5.41) is 11.7. The molecule has 3 heterocycles. The van der Waals surface area contributed by atoms with Gasteiger partial charge >= 0.3 is 23.9 Å². The van der Waals surface area contributed by atoms with Crippen LogP contribution in [0, 0.1) is 11.3 Å². The Balaban J connectivity index is 1.44. The molecule has 2 aliphatic heterocycles. The predicted octanol–water partition coefficient (Wildman–Crippen LogP) is 4.58. The molecule has 1 fully saturated rings. The molecule has 0 saturated carbocycles. The summed E-state index contributed by atoms with van der Waals surface area (Å²) in [6.07, 6.45) is -7.21. The summed E-state index contributed by atoms with van der Waals surface area (Å²) in [4.78, 5) is 70.4. The van der Waals surface area contributed by atoms with Gasteiger partial charge in [0.05, 0.1) is 17.3 Å². The van der Waals surface area contributed by atoms with Crippen LogP contribution in [0.2, 0.25) is 0 Å². The van der Waals surface area contributed by atoms with E-state index in [1.165, 1.54) is 6.92 Å². The third kappa shape index (κ3) is 9.12. The van der Waals surface area contributed by atoms with Crippen LogP contribution in [0.15, 0.2) is 48.5 Å². The van der Waals surface area contributed by atoms with Crippen LogP contribution in [-0.2, 0) is 42.9 Å². The summed E-state index contributed by atoms with van der Waals surface area (Å²) in [5.41, 5.74) is 2.50. The number of amides is 1. The lowest BCUT2D eigenvalue weighted by atomic mass is 9.94. The topological polar surface area (TPSA) is 196 Å². The lowest BCUT2D eigenvalue weighted by Gasteiger charge is -2.44. The average molecular weight is 819 g/mol. The van der Waals surface area contributed by atoms with E-state index in [4.69, 9.17) is 44.8 Å². The number of likely N-dealkylation sites (N-methyl/N-ethyl adjacent to an activating group) is 1. The van der Waals surface area contributed by atoms with E-state index < -0.39 is 61.2 Å². The Hall–Kier alpha value is -5.89. The van der Waals surface area contributed by atoms with Crippen molar-refractivity contribution in [3.05, 3.63) is 65.4 Å². The summed E-state index contributed by atoms with van der Waals surface area (Å²) in [6, 6.07) is 16.0. The molecule has 17 heteroatoms. The molecule has 0 radical (unpaired) electrons. The van der Waals surface area contributed by atoms with Crippen LogP contribution >= 0.6 is 11.6 Å². The average Bonchev–Trinajstić information content (AvgIpc) is 3.77. The van der Waals surface area contributed by atoms with Crippen molar-refractivity contribution in [1.82, 2.24) is 9.88 Å². The molecule has 1 aromatic heterocycles. The smallest absolute Gasteiger partial charge is 0.303 e. The van der Waals surface area contributed by atoms with Gasteiger partial charge in [-0.25, -0.2) is 0 Å². The van der Waals surface area contributed by atoms with E-state index in [0.29, 0.717) is 45.6 Å². The minimum Gasteiger partial charge on any atom is -0.492 e. The highest BCUT2D eigenvalue weighted by Gasteiger charge is 2.53. The number of carbonyl (C=O) groups excluding carboxylic acids is 5. The van der Waals surface area contributed by atoms with Crippen LogP contribution in [0.5, 0.6) is 11.5 Å². The SMILES string of the molecule is CC(=O)OC[C@H]1O[C@@H](Oc2cc3c(c4cc(C#N)ccc24)[C@H](CCl)CN3C(=O)c2cc3cc(OCCN(C)C)ccc3[nH]2)[C@H](OC(C)=O)[C@@H](OC(C)=O)[C@H]1OC(C)=O. The number of anilines is 1. The van der Waals surface area contributed by atoms with Crippen LogP contribution in [0.1, 0.15) is 55.2 Å². The highest BCUT2D eigenvalue weighted by atomic mass is 35.5. The number of rotatable bonds is 13. The second-order valence-electron chi connectivity index (χ2n) is 14.2. The Morgan fingerprint density at radius 1 is 0.897 bits per heavy atom. The Morgan fingerprint density at radius 2 is 1.60 bits per heavy atom. The molecule has 58 heavy (non-hydrogen) atoms. The number of hydrogen-bond acceptors (Lipinski definition) is 14. The molecule has 0 spiro atoms. The van der Waals surface area contributed by atoms with Crippen molar-refractivity contribution < 1.29 is 57.1 Å². The molecule has 306 valence electrons. The number of aromatic amines is 1. The molecule has 1 saturated heterocycles. The summed E-state index contributed by atoms with van der Waals surface area (Å²) in [7, 11) is 3.91. The maximum atomic E-state index is 14.5. The number of ether oxygens (including phenoxy) is 7. The van der Waals surface area contributed by atoms with E-state index in [-0.39, 0.29) is 30.0 Å². The number of carbonyl (C=O) groups is 5. The number of hydrogen-bond donors (Lipinski definition) is 1. The zero-order chi connectivity index (χ0) is 41.8. The minimum atomic E-state index is -1.56. The Bertz CT molecular complexity index is 2290. The highest BCUT2D eigenvalue weighted by Crippen LogP contribution is 2.47. The van der Waals surface area contributed by atoms with Gasteiger partial charge in [0.25, 0.3) is 5.91 Å². The summed E-state index contributed by atoms with van der Waals surface area (Å²) < 4.78 is 40.6. The van der Waals surface area contributed by atoms with E-state index in [9.17, 15) is 29.2 Å². The zero-order valence-corrected chi connectivity index (χ0v) is 33.5. The lowest BCUT2D eigenvalue weighted by Crippen LogP contribution is -2.63. The first-order chi connectivity index (χ1) is 27.7. The number of halogens is 1. The Morgan fingerprint density at radius 3 is 2.26 bits per heavy atom. The second kappa shape index (κ2) is 17.7. The van der Waals surface area contributed by atoms with Gasteiger partial charge in [0, 0.05) is 74.9 Å². The molecule has 6 rings (SSSR count). The molecular formula is C41H43ClN4O12. The summed E-state index contributed by atoms with van der Waals surface area (Å²) in [5.74, 6) is -2.84. The van der Waals surface area contributed by atoms with Crippen LogP contribution in [-0.4, -0.2) is 117 Å². The second-order valence-corrected chi connectivity index (χ2v) is 14.5. The number of nitriles is 1. The van der Waals surface area contributed by atoms with Crippen molar-refractivity contribution >= 4 is 68.7 Å². The van der Waals surface area contributed by atoms with Crippen LogP contribution in [0.3, 0.4) is 0 Å². The standard InChI is InChI=1S/C41H43ClN4O12/c1-21(47)53-20-35-37(54-22(2)48)38(55-23(3)49)39(56-24(4)50)41(58-35)57-34-16-33-36(30-13-25(18-43)7-9-29(30)34)27(17-42)19-46(33)40(51)32-15-26-14-28(8-10-31(26)44-32)52-12-11-45(5)6/h7-10,13-16,27,35,37-39,41,44H,11-12,17,19-20H2,1-6H3/t27-,35-,37+,38+,39-,41-/m1/s1. The van der Waals surface area contributed by atoms with Gasteiger partial charge in [0.1, 0.15) is 36.5 Å². The van der Waals surface area contributed by atoms with Crippen molar-refractivity contribution in [3.63, 3.8) is 0 Å². The number of nitrogens with zero attached hydrogens (tertiary/aromatic N) is 3. The largest absolute Gasteiger partial charge is 0.492 e. The first-order valence-corrected chi connectivity index (χ1v) is 19.0. The van der Waals surface area contributed by atoms with Crippen molar-refractivity contribution in [2.45, 2.75) is 64.3 Å². The van der Waals surface area contributed by atoms with Gasteiger partial charge in [0.2, 0.25) is 12.4 Å².